The third-order valence-electron chi connectivity index (χ3n) is 10.5. The Kier molecular flexibility index (Phi) is 20.0. The molecule has 0 aliphatic rings. The van der Waals surface area contributed by atoms with E-state index in [1.54, 1.807) is 58.2 Å². The first kappa shape index (κ1) is 50.5. The van der Waals surface area contributed by atoms with Crippen molar-refractivity contribution in [2.45, 2.75) is 129 Å². The van der Waals surface area contributed by atoms with Gasteiger partial charge in [-0.05, 0) is 74.1 Å². The average molecular weight is 862 g/mol. The van der Waals surface area contributed by atoms with Crippen molar-refractivity contribution in [1.82, 2.24) is 36.9 Å². The molecule has 0 unspecified atom stereocenters. The predicted molar refractivity (Wildman–Crippen MR) is 237 cm³/mol. The normalized spacial score (nSPS) is 14.8. The lowest BCUT2D eigenvalue weighted by molar-refractivity contribution is -0.143. The van der Waals surface area contributed by atoms with Crippen LogP contribution < -0.4 is 43.4 Å². The van der Waals surface area contributed by atoms with Crippen LogP contribution >= 0.6 is 0 Å². The van der Waals surface area contributed by atoms with Crippen LogP contribution in [0.5, 0.6) is 0 Å². The van der Waals surface area contributed by atoms with E-state index in [1.165, 1.54) is 6.92 Å². The number of amides is 6. The zero-order valence-corrected chi connectivity index (χ0v) is 37.0. The van der Waals surface area contributed by atoms with Crippen molar-refractivity contribution in [2.24, 2.45) is 29.2 Å². The first-order valence-electron chi connectivity index (χ1n) is 21.4. The number of H-pyrrole nitrogens is 1. The molecule has 62 heavy (non-hydrogen) atoms. The molecule has 0 aliphatic carbocycles. The Morgan fingerprint density at radius 3 is 1.68 bits per heavy atom. The van der Waals surface area contributed by atoms with Crippen molar-refractivity contribution < 1.29 is 38.7 Å². The zero-order valence-electron chi connectivity index (χ0n) is 37.0. The zero-order chi connectivity index (χ0) is 46.1. The maximum Gasteiger partial charge on any atom is 0.326 e. The van der Waals surface area contributed by atoms with E-state index in [0.29, 0.717) is 24.9 Å². The van der Waals surface area contributed by atoms with Crippen LogP contribution in [-0.4, -0.2) is 100 Å². The number of benzene rings is 2. The molecule has 3 aromatic rings. The number of aliphatic carboxylic acids is 1. The van der Waals surface area contributed by atoms with Gasteiger partial charge in [0.05, 0.1) is 6.04 Å². The second-order valence-electron chi connectivity index (χ2n) is 17.0. The summed E-state index contributed by atoms with van der Waals surface area (Å²) < 4.78 is 0. The molecule has 0 spiro atoms. The lowest BCUT2D eigenvalue weighted by Crippen LogP contribution is -2.61. The number of aromatic amines is 1. The maximum absolute atomic E-state index is 14.3. The number of rotatable bonds is 25. The summed E-state index contributed by atoms with van der Waals surface area (Å²) >= 11 is 0. The van der Waals surface area contributed by atoms with Crippen LogP contribution in [0.15, 0.2) is 60.8 Å². The maximum atomic E-state index is 14.3. The molecule has 0 saturated carbocycles. The summed E-state index contributed by atoms with van der Waals surface area (Å²) in [4.78, 5) is 97.7. The molecule has 0 aliphatic heterocycles. The van der Waals surface area contributed by atoms with Gasteiger partial charge in [-0.1, -0.05) is 90.1 Å². The molecule has 340 valence electrons. The van der Waals surface area contributed by atoms with E-state index < -0.39 is 95.5 Å². The fourth-order valence-corrected chi connectivity index (χ4v) is 6.92. The number of carboxylic acid groups (broad SMARTS) is 1. The van der Waals surface area contributed by atoms with E-state index >= 15 is 0 Å². The van der Waals surface area contributed by atoms with Crippen LogP contribution in [0.25, 0.3) is 10.9 Å². The summed E-state index contributed by atoms with van der Waals surface area (Å²) in [6, 6.07) is 8.63. The number of hydrogen-bond acceptors (Lipinski definition) is 9. The number of fused-ring (bicyclic) bond motifs is 1. The molecule has 17 heteroatoms. The Morgan fingerprint density at radius 1 is 0.597 bits per heavy atom. The molecule has 1 aromatic heterocycles. The molecule has 12 N–H and O–H groups in total. The molecule has 3 rings (SSSR count). The topological polar surface area (TPSA) is 280 Å². The van der Waals surface area contributed by atoms with E-state index in [1.807, 2.05) is 44.2 Å². The highest BCUT2D eigenvalue weighted by Crippen LogP contribution is 2.20. The van der Waals surface area contributed by atoms with Gasteiger partial charge in [-0.25, -0.2) is 4.79 Å². The van der Waals surface area contributed by atoms with Gasteiger partial charge in [-0.2, -0.15) is 0 Å². The van der Waals surface area contributed by atoms with Crippen molar-refractivity contribution in [1.29, 1.82) is 0 Å². The molecule has 2 aromatic carbocycles. The number of nitrogens with one attached hydrogen (secondary N) is 7. The molecule has 0 radical (unpaired) electrons. The quantitative estimate of drug-likeness (QED) is 0.0552. The summed E-state index contributed by atoms with van der Waals surface area (Å²) in [5.41, 5.74) is 13.9. The largest absolute Gasteiger partial charge is 0.480 e. The Balaban J connectivity index is 1.86. The molecule has 7 atom stereocenters. The second kappa shape index (κ2) is 24.6. The third kappa shape index (κ3) is 15.6. The van der Waals surface area contributed by atoms with Crippen molar-refractivity contribution in [3.05, 3.63) is 71.9 Å². The highest BCUT2D eigenvalue weighted by Gasteiger charge is 2.35. The average Bonchev–Trinajstić information content (AvgIpc) is 3.62. The number of unbranched alkanes of at least 4 members (excludes halogenated alkanes) is 1. The molecule has 0 bridgehead atoms. The first-order chi connectivity index (χ1) is 29.3. The van der Waals surface area contributed by atoms with E-state index in [-0.39, 0.29) is 31.6 Å². The van der Waals surface area contributed by atoms with Crippen LogP contribution in [0, 0.1) is 17.8 Å². The Labute approximate surface area is 364 Å². The highest BCUT2D eigenvalue weighted by atomic mass is 16.4. The lowest BCUT2D eigenvalue weighted by atomic mass is 9.97. The molecule has 0 saturated heterocycles. The van der Waals surface area contributed by atoms with Crippen LogP contribution in [0.3, 0.4) is 0 Å². The molecule has 6 amide bonds. The predicted octanol–water partition coefficient (Wildman–Crippen LogP) is 1.78. The van der Waals surface area contributed by atoms with E-state index in [9.17, 15) is 38.7 Å². The smallest absolute Gasteiger partial charge is 0.326 e. The van der Waals surface area contributed by atoms with Gasteiger partial charge < -0.3 is 53.5 Å². The lowest BCUT2D eigenvalue weighted by Gasteiger charge is -2.30. The number of carbonyl (C=O) groups excluding carboxylic acids is 6. The number of aromatic nitrogens is 1. The molecular formula is C45H67N9O8. The van der Waals surface area contributed by atoms with Crippen molar-refractivity contribution in [2.75, 3.05) is 6.54 Å². The minimum atomic E-state index is -1.21. The SMILES string of the molecule is CC(C)C[C@@H](NC(=O)[C@@H](CCCCN)NC(=O)[C@H](NC(=O)[C@H](NC(=O)[C@@H](Cc1ccccc1)NC(=O)[C@@H](Cc1c[nH]c2ccccc12)NC(=O)[C@@H](C)N)C(C)C)C(C)C)C(=O)O. The highest BCUT2D eigenvalue weighted by molar-refractivity contribution is 5.97. The first-order valence-corrected chi connectivity index (χ1v) is 21.4. The number of para-hydroxylation sites is 1. The summed E-state index contributed by atoms with van der Waals surface area (Å²) in [5.74, 6) is -6.11. The third-order valence-corrected chi connectivity index (χ3v) is 10.5. The molecular weight excluding hydrogens is 795 g/mol. The summed E-state index contributed by atoms with van der Waals surface area (Å²) in [6.45, 7) is 12.4. The van der Waals surface area contributed by atoms with Gasteiger partial charge in [-0.3, -0.25) is 28.8 Å². The van der Waals surface area contributed by atoms with E-state index in [2.05, 4.69) is 36.9 Å². The Morgan fingerprint density at radius 2 is 1.10 bits per heavy atom. The van der Waals surface area contributed by atoms with Gasteiger partial charge in [0.25, 0.3) is 0 Å². The van der Waals surface area contributed by atoms with Gasteiger partial charge in [0.2, 0.25) is 35.4 Å². The van der Waals surface area contributed by atoms with Crippen molar-refractivity contribution in [3.63, 3.8) is 0 Å². The van der Waals surface area contributed by atoms with Crippen molar-refractivity contribution >= 4 is 52.3 Å². The summed E-state index contributed by atoms with van der Waals surface area (Å²) in [6.07, 6.45) is 3.27. The minimum absolute atomic E-state index is 0.0256. The Hall–Kier alpha value is -5.81. The Bertz CT molecular complexity index is 1970. The second-order valence-corrected chi connectivity index (χ2v) is 17.0. The summed E-state index contributed by atoms with van der Waals surface area (Å²) in [7, 11) is 0. The molecule has 0 fully saturated rings. The van der Waals surface area contributed by atoms with Gasteiger partial charge in [-0.15, -0.1) is 0 Å². The summed E-state index contributed by atoms with van der Waals surface area (Å²) in [5, 5.41) is 27.0. The molecule has 17 nitrogen and oxygen atoms in total. The van der Waals surface area contributed by atoms with Crippen LogP contribution in [0.1, 0.15) is 85.3 Å². The van der Waals surface area contributed by atoms with Gasteiger partial charge in [0.15, 0.2) is 0 Å². The standard InChI is InChI=1S/C45H67N9O8/c1-25(2)21-36(45(61)62)52-40(56)33(19-13-14-20-46)49-43(59)37(26(3)4)54-44(60)38(27(5)6)53-42(58)34(22-29-15-9-8-10-16-29)51-41(57)35(50-39(55)28(7)47)23-30-24-48-32-18-12-11-17-31(30)32/h8-12,15-18,24-28,33-38,48H,13-14,19-23,46-47H2,1-7H3,(H,49,59)(H,50,55)(H,51,57)(H,52,56)(H,53,58)(H,54,60)(H,61,62)/t28-,33-,34-,35-,36-,37-,38-/m1/s1. The van der Waals surface area contributed by atoms with Gasteiger partial charge >= 0.3 is 5.97 Å². The number of hydrogen-bond donors (Lipinski definition) is 10. The van der Waals surface area contributed by atoms with Gasteiger partial charge in [0, 0.05) is 29.9 Å². The van der Waals surface area contributed by atoms with Crippen LogP contribution in [0.2, 0.25) is 0 Å². The molecule has 1 heterocycles. The monoisotopic (exact) mass is 862 g/mol. The van der Waals surface area contributed by atoms with E-state index in [4.69, 9.17) is 11.5 Å². The fraction of sp³-hybridized carbons (Fsp3) is 0.533. The number of carbonyl (C=O) groups is 7. The van der Waals surface area contributed by atoms with Crippen LogP contribution in [-0.2, 0) is 46.4 Å². The number of carboxylic acids is 1. The van der Waals surface area contributed by atoms with Crippen molar-refractivity contribution in [3.8, 4) is 0 Å². The number of nitrogens with two attached hydrogens (primary N) is 2. The van der Waals surface area contributed by atoms with Gasteiger partial charge in [0.1, 0.15) is 36.3 Å². The minimum Gasteiger partial charge on any atom is -0.480 e. The fourth-order valence-electron chi connectivity index (χ4n) is 6.92. The van der Waals surface area contributed by atoms with E-state index in [0.717, 1.165) is 16.5 Å². The van der Waals surface area contributed by atoms with Crippen LogP contribution in [0.4, 0.5) is 0 Å².